The van der Waals surface area contributed by atoms with E-state index in [-0.39, 0.29) is 9.92 Å². The van der Waals surface area contributed by atoms with Crippen LogP contribution >= 0.6 is 27.5 Å². The monoisotopic (exact) mass is 351 g/mol. The second-order valence-electron chi connectivity index (χ2n) is 4.58. The van der Waals surface area contributed by atoms with Crippen LogP contribution in [0.2, 0.25) is 5.02 Å². The predicted octanol–water partition coefficient (Wildman–Crippen LogP) is 3.57. The average Bonchev–Trinajstić information content (AvgIpc) is 2.78. The van der Waals surface area contributed by atoms with Crippen molar-refractivity contribution in [1.29, 1.82) is 0 Å². The quantitative estimate of drug-likeness (QED) is 0.900. The number of sulfonamides is 1. The van der Waals surface area contributed by atoms with Crippen molar-refractivity contribution in [3.05, 3.63) is 27.7 Å². The fourth-order valence-corrected chi connectivity index (χ4v) is 4.36. The summed E-state index contributed by atoms with van der Waals surface area (Å²) in [6.45, 7) is 0.509. The number of nitrogens with one attached hydrogen (secondary N) is 1. The minimum absolute atomic E-state index is 0.144. The van der Waals surface area contributed by atoms with Crippen molar-refractivity contribution in [2.45, 2.75) is 30.6 Å². The number of hydrogen-bond donors (Lipinski definition) is 1. The zero-order valence-electron chi connectivity index (χ0n) is 9.83. The Hall–Kier alpha value is -0.100. The molecule has 0 saturated heterocycles. The van der Waals surface area contributed by atoms with E-state index in [1.54, 1.807) is 12.1 Å². The topological polar surface area (TPSA) is 46.2 Å². The summed E-state index contributed by atoms with van der Waals surface area (Å²) in [5.74, 6) is 0.467. The van der Waals surface area contributed by atoms with Crippen LogP contribution < -0.4 is 4.72 Å². The highest BCUT2D eigenvalue weighted by atomic mass is 79.9. The highest BCUT2D eigenvalue weighted by Crippen LogP contribution is 2.27. The Morgan fingerprint density at radius 1 is 1.33 bits per heavy atom. The van der Waals surface area contributed by atoms with E-state index in [1.807, 2.05) is 0 Å². The predicted molar refractivity (Wildman–Crippen MR) is 76.3 cm³/mol. The minimum atomic E-state index is -3.50. The van der Waals surface area contributed by atoms with Gasteiger partial charge in [-0.2, -0.15) is 0 Å². The second-order valence-corrected chi connectivity index (χ2v) is 7.64. The van der Waals surface area contributed by atoms with Gasteiger partial charge in [-0.05, 0) is 37.0 Å². The first-order chi connectivity index (χ1) is 8.49. The molecular weight excluding hydrogens is 338 g/mol. The smallest absolute Gasteiger partial charge is 0.211 e. The zero-order chi connectivity index (χ0) is 13.2. The third kappa shape index (κ3) is 3.47. The maximum Gasteiger partial charge on any atom is 0.242 e. The molecule has 1 aliphatic carbocycles. The molecule has 0 radical (unpaired) electrons. The average molecular weight is 353 g/mol. The van der Waals surface area contributed by atoms with Gasteiger partial charge in [-0.15, -0.1) is 0 Å². The van der Waals surface area contributed by atoms with Crippen molar-refractivity contribution in [1.82, 2.24) is 4.72 Å². The highest BCUT2D eigenvalue weighted by Gasteiger charge is 2.21. The standard InChI is InChI=1S/C12H15BrClNO2S/c13-10-5-6-12(11(14)7-10)18(16,17)15-8-9-3-1-2-4-9/h5-7,9,15H,1-4,8H2. The zero-order valence-corrected chi connectivity index (χ0v) is 13.0. The van der Waals surface area contributed by atoms with Crippen molar-refractivity contribution in [3.63, 3.8) is 0 Å². The summed E-state index contributed by atoms with van der Waals surface area (Å²) >= 11 is 9.22. The molecule has 2 rings (SSSR count). The number of halogens is 2. The Morgan fingerprint density at radius 2 is 2.00 bits per heavy atom. The Labute approximate surface area is 121 Å². The summed E-state index contributed by atoms with van der Waals surface area (Å²) in [5, 5.41) is 0.239. The molecule has 0 aromatic heterocycles. The number of hydrogen-bond acceptors (Lipinski definition) is 2. The molecule has 1 aromatic rings. The molecule has 0 unspecified atom stereocenters. The first-order valence-electron chi connectivity index (χ1n) is 5.94. The Bertz CT molecular complexity index is 527. The number of benzene rings is 1. The van der Waals surface area contributed by atoms with Gasteiger partial charge in [0.25, 0.3) is 0 Å². The van der Waals surface area contributed by atoms with Crippen LogP contribution in [0.25, 0.3) is 0 Å². The molecule has 0 amide bonds. The fraction of sp³-hybridized carbons (Fsp3) is 0.500. The van der Waals surface area contributed by atoms with Gasteiger partial charge in [-0.25, -0.2) is 13.1 Å². The van der Waals surface area contributed by atoms with E-state index in [1.165, 1.54) is 18.9 Å². The van der Waals surface area contributed by atoms with Gasteiger partial charge < -0.3 is 0 Å². The first kappa shape index (κ1) is 14.3. The van der Waals surface area contributed by atoms with Gasteiger partial charge in [0.1, 0.15) is 4.90 Å². The van der Waals surface area contributed by atoms with Crippen LogP contribution in [0, 0.1) is 5.92 Å². The summed E-state index contributed by atoms with van der Waals surface area (Å²) in [6, 6.07) is 4.78. The highest BCUT2D eigenvalue weighted by molar-refractivity contribution is 9.10. The van der Waals surface area contributed by atoms with Crippen LogP contribution in [0.15, 0.2) is 27.6 Å². The second kappa shape index (κ2) is 5.90. The third-order valence-electron chi connectivity index (χ3n) is 3.22. The Kier molecular flexibility index (Phi) is 4.69. The molecule has 1 N–H and O–H groups in total. The van der Waals surface area contributed by atoms with Gasteiger partial charge in [-0.1, -0.05) is 40.4 Å². The molecule has 0 atom stereocenters. The summed E-state index contributed by atoms with van der Waals surface area (Å²) in [6.07, 6.45) is 4.62. The van der Waals surface area contributed by atoms with Crippen LogP contribution in [-0.4, -0.2) is 15.0 Å². The molecule has 1 aliphatic rings. The molecule has 0 bridgehead atoms. The lowest BCUT2D eigenvalue weighted by atomic mass is 10.1. The van der Waals surface area contributed by atoms with E-state index in [9.17, 15) is 8.42 Å². The SMILES string of the molecule is O=S(=O)(NCC1CCCC1)c1ccc(Br)cc1Cl. The van der Waals surface area contributed by atoms with Crippen LogP contribution in [0.5, 0.6) is 0 Å². The lowest BCUT2D eigenvalue weighted by Crippen LogP contribution is -2.28. The Balaban J connectivity index is 2.09. The lowest BCUT2D eigenvalue weighted by Gasteiger charge is -2.12. The van der Waals surface area contributed by atoms with Crippen molar-refractivity contribution >= 4 is 37.6 Å². The summed E-state index contributed by atoms with van der Waals surface area (Å²) in [4.78, 5) is 0.144. The molecule has 1 saturated carbocycles. The van der Waals surface area contributed by atoms with Crippen LogP contribution in [-0.2, 0) is 10.0 Å². The van der Waals surface area contributed by atoms with Gasteiger partial charge in [0.05, 0.1) is 5.02 Å². The van der Waals surface area contributed by atoms with Crippen molar-refractivity contribution < 1.29 is 8.42 Å². The van der Waals surface area contributed by atoms with Crippen molar-refractivity contribution in [3.8, 4) is 0 Å². The summed E-state index contributed by atoms with van der Waals surface area (Å²) < 4.78 is 27.6. The van der Waals surface area contributed by atoms with Crippen molar-refractivity contribution in [2.75, 3.05) is 6.54 Å². The lowest BCUT2D eigenvalue weighted by molar-refractivity contribution is 0.519. The van der Waals surface area contributed by atoms with E-state index >= 15 is 0 Å². The van der Waals surface area contributed by atoms with Gasteiger partial charge in [-0.3, -0.25) is 0 Å². The third-order valence-corrected chi connectivity index (χ3v) is 5.62. The molecule has 0 aliphatic heterocycles. The summed E-state index contributed by atoms with van der Waals surface area (Å²) in [7, 11) is -3.50. The Morgan fingerprint density at radius 3 is 2.61 bits per heavy atom. The normalized spacial score (nSPS) is 17.2. The van der Waals surface area contributed by atoms with Crippen molar-refractivity contribution in [2.24, 2.45) is 5.92 Å². The van der Waals surface area contributed by atoms with E-state index in [0.29, 0.717) is 12.5 Å². The van der Waals surface area contributed by atoms with E-state index in [2.05, 4.69) is 20.7 Å². The fourth-order valence-electron chi connectivity index (χ4n) is 2.21. The van der Waals surface area contributed by atoms with E-state index < -0.39 is 10.0 Å². The molecule has 1 aromatic carbocycles. The van der Waals surface area contributed by atoms with Crippen LogP contribution in [0.3, 0.4) is 0 Å². The molecule has 100 valence electrons. The first-order valence-corrected chi connectivity index (χ1v) is 8.59. The largest absolute Gasteiger partial charge is 0.242 e. The maximum atomic E-state index is 12.1. The van der Waals surface area contributed by atoms with Gasteiger partial charge in [0.2, 0.25) is 10.0 Å². The number of rotatable bonds is 4. The molecule has 6 heteroatoms. The van der Waals surface area contributed by atoms with Gasteiger partial charge in [0, 0.05) is 11.0 Å². The van der Waals surface area contributed by atoms with E-state index in [4.69, 9.17) is 11.6 Å². The molecule has 0 heterocycles. The van der Waals surface area contributed by atoms with E-state index in [0.717, 1.165) is 17.3 Å². The van der Waals surface area contributed by atoms with Gasteiger partial charge >= 0.3 is 0 Å². The molecule has 1 fully saturated rings. The minimum Gasteiger partial charge on any atom is -0.211 e. The summed E-state index contributed by atoms with van der Waals surface area (Å²) in [5.41, 5.74) is 0. The van der Waals surface area contributed by atoms with Crippen LogP contribution in [0.4, 0.5) is 0 Å². The molecule has 18 heavy (non-hydrogen) atoms. The molecule has 3 nitrogen and oxygen atoms in total. The molecule has 0 spiro atoms. The maximum absolute atomic E-state index is 12.1. The van der Waals surface area contributed by atoms with Crippen LogP contribution in [0.1, 0.15) is 25.7 Å². The van der Waals surface area contributed by atoms with Gasteiger partial charge in [0.15, 0.2) is 0 Å². The molecular formula is C12H15BrClNO2S.